The van der Waals surface area contributed by atoms with E-state index < -0.39 is 0 Å². The minimum absolute atomic E-state index is 0.513. The Balaban J connectivity index is 1.69. The Bertz CT molecular complexity index is 897. The zero-order valence-corrected chi connectivity index (χ0v) is 15.5. The van der Waals surface area contributed by atoms with Crippen molar-refractivity contribution in [2.75, 3.05) is 0 Å². The van der Waals surface area contributed by atoms with Gasteiger partial charge in [-0.15, -0.1) is 0 Å². The van der Waals surface area contributed by atoms with Gasteiger partial charge in [0.2, 0.25) is 0 Å². The third kappa shape index (κ3) is 3.33. The van der Waals surface area contributed by atoms with E-state index >= 15 is 0 Å². The second kappa shape index (κ2) is 6.29. The summed E-state index contributed by atoms with van der Waals surface area (Å²) in [5.74, 6) is 0.690. The number of hydrogen-bond donors (Lipinski definition) is 0. The Kier molecular flexibility index (Phi) is 4.11. The summed E-state index contributed by atoms with van der Waals surface area (Å²) in [4.78, 5) is 4.74. The number of aryl methyl sites for hydroxylation is 1. The van der Waals surface area contributed by atoms with Gasteiger partial charge in [0, 0.05) is 11.8 Å². The Morgan fingerprint density at radius 2 is 1.64 bits per heavy atom. The molecule has 0 amide bonds. The molecule has 3 aromatic rings. The number of benzene rings is 2. The first-order valence-electron chi connectivity index (χ1n) is 9.48. The van der Waals surface area contributed by atoms with Gasteiger partial charge in [-0.05, 0) is 78.0 Å². The van der Waals surface area contributed by atoms with E-state index in [9.17, 15) is 0 Å². The maximum Gasteiger partial charge on any atom is 0.0705 e. The lowest BCUT2D eigenvalue weighted by Gasteiger charge is -2.35. The summed E-state index contributed by atoms with van der Waals surface area (Å²) in [6.45, 7) is 7.03. The Labute approximate surface area is 151 Å². The van der Waals surface area contributed by atoms with Crippen LogP contribution in [0.4, 0.5) is 0 Å². The molecule has 0 atom stereocenters. The van der Waals surface area contributed by atoms with Crippen molar-refractivity contribution in [1.82, 2.24) is 4.98 Å². The summed E-state index contributed by atoms with van der Waals surface area (Å²) in [5, 5.41) is 2.57. The quantitative estimate of drug-likeness (QED) is 0.498. The van der Waals surface area contributed by atoms with Gasteiger partial charge in [-0.1, -0.05) is 50.2 Å². The van der Waals surface area contributed by atoms with Gasteiger partial charge in [-0.25, -0.2) is 0 Å². The zero-order valence-electron chi connectivity index (χ0n) is 15.5. The number of nitrogens with zero attached hydrogens (tertiary/aromatic N) is 1. The molecule has 0 N–H and O–H groups in total. The van der Waals surface area contributed by atoms with Crippen molar-refractivity contribution in [3.8, 4) is 11.3 Å². The van der Waals surface area contributed by atoms with Crippen molar-refractivity contribution >= 4 is 10.8 Å². The molecule has 4 rings (SSSR count). The summed E-state index contributed by atoms with van der Waals surface area (Å²) in [6, 6.07) is 17.6. The molecule has 1 saturated carbocycles. The maximum absolute atomic E-state index is 4.74. The van der Waals surface area contributed by atoms with Crippen LogP contribution < -0.4 is 0 Å². The lowest BCUT2D eigenvalue weighted by atomic mass is 9.71. The summed E-state index contributed by atoms with van der Waals surface area (Å²) in [7, 11) is 0. The Hall–Kier alpha value is -2.15. The molecule has 1 aliphatic rings. The zero-order chi connectivity index (χ0) is 17.4. The second-order valence-corrected chi connectivity index (χ2v) is 8.43. The summed E-state index contributed by atoms with van der Waals surface area (Å²) in [5.41, 5.74) is 5.69. The second-order valence-electron chi connectivity index (χ2n) is 8.43. The van der Waals surface area contributed by atoms with Crippen LogP contribution in [0.5, 0.6) is 0 Å². The van der Waals surface area contributed by atoms with Gasteiger partial charge in [0.1, 0.15) is 0 Å². The molecule has 0 bridgehead atoms. The van der Waals surface area contributed by atoms with Crippen LogP contribution in [0.3, 0.4) is 0 Å². The average molecular weight is 329 g/mol. The van der Waals surface area contributed by atoms with Gasteiger partial charge in [0.25, 0.3) is 0 Å². The number of rotatable bonds is 2. The molecule has 0 aliphatic heterocycles. The van der Waals surface area contributed by atoms with Gasteiger partial charge < -0.3 is 0 Å². The van der Waals surface area contributed by atoms with Crippen LogP contribution in [0.25, 0.3) is 22.0 Å². The van der Waals surface area contributed by atoms with E-state index in [1.54, 1.807) is 0 Å². The fraction of sp³-hybridized carbons (Fsp3) is 0.375. The predicted molar refractivity (Wildman–Crippen MR) is 107 cm³/mol. The van der Waals surface area contributed by atoms with E-state index in [1.165, 1.54) is 53.1 Å². The number of hydrogen-bond acceptors (Lipinski definition) is 1. The van der Waals surface area contributed by atoms with Crippen LogP contribution in [0.1, 0.15) is 56.6 Å². The largest absolute Gasteiger partial charge is 0.256 e. The third-order valence-corrected chi connectivity index (χ3v) is 5.97. The highest BCUT2D eigenvalue weighted by Gasteiger charge is 2.28. The van der Waals surface area contributed by atoms with Gasteiger partial charge in [-0.3, -0.25) is 4.98 Å². The number of aromatic nitrogens is 1. The van der Waals surface area contributed by atoms with Crippen LogP contribution in [-0.4, -0.2) is 4.98 Å². The van der Waals surface area contributed by atoms with Gasteiger partial charge in [-0.2, -0.15) is 0 Å². The van der Waals surface area contributed by atoms with Gasteiger partial charge >= 0.3 is 0 Å². The molecule has 0 spiro atoms. The first-order valence-corrected chi connectivity index (χ1v) is 9.48. The van der Waals surface area contributed by atoms with Crippen molar-refractivity contribution in [2.45, 2.75) is 52.4 Å². The molecule has 0 radical (unpaired) electrons. The van der Waals surface area contributed by atoms with Gasteiger partial charge in [0.15, 0.2) is 0 Å². The van der Waals surface area contributed by atoms with Crippen LogP contribution >= 0.6 is 0 Å². The lowest BCUT2D eigenvalue weighted by Crippen LogP contribution is -2.20. The molecule has 1 nitrogen and oxygen atoms in total. The maximum atomic E-state index is 4.74. The van der Waals surface area contributed by atoms with E-state index in [-0.39, 0.29) is 0 Å². The molecule has 1 heteroatoms. The monoisotopic (exact) mass is 329 g/mol. The molecule has 1 fully saturated rings. The fourth-order valence-electron chi connectivity index (χ4n) is 4.20. The molecule has 0 saturated heterocycles. The minimum atomic E-state index is 0.513. The first kappa shape index (κ1) is 16.3. The topological polar surface area (TPSA) is 12.9 Å². The third-order valence-electron chi connectivity index (χ3n) is 5.97. The highest BCUT2D eigenvalue weighted by Crippen LogP contribution is 2.43. The molecule has 128 valence electrons. The average Bonchev–Trinajstić information content (AvgIpc) is 2.62. The van der Waals surface area contributed by atoms with Crippen LogP contribution in [-0.2, 0) is 0 Å². The van der Waals surface area contributed by atoms with E-state index in [4.69, 9.17) is 4.98 Å². The molecule has 1 aromatic heterocycles. The first-order chi connectivity index (χ1) is 12.0. The molecule has 0 unspecified atom stereocenters. The normalized spacial score (nSPS) is 17.7. The van der Waals surface area contributed by atoms with Crippen molar-refractivity contribution < 1.29 is 0 Å². The van der Waals surface area contributed by atoms with E-state index in [0.717, 1.165) is 5.69 Å². The molecule has 2 aromatic carbocycles. The lowest BCUT2D eigenvalue weighted by molar-refractivity contribution is 0.224. The summed E-state index contributed by atoms with van der Waals surface area (Å²) >= 11 is 0. The standard InChI is InChI=1S/C24H27N/c1-17-16-25-23(15-22(17)19-10-12-24(2,3)13-11-19)21-9-8-18-6-4-5-7-20(18)14-21/h4-9,14-16,19H,10-13H2,1-3H3. The minimum Gasteiger partial charge on any atom is -0.256 e. The molecule has 1 heterocycles. The molecular formula is C24H27N. The Morgan fingerprint density at radius 1 is 0.920 bits per heavy atom. The number of pyridine rings is 1. The van der Waals surface area contributed by atoms with E-state index in [0.29, 0.717) is 11.3 Å². The van der Waals surface area contributed by atoms with Crippen molar-refractivity contribution in [3.05, 3.63) is 65.9 Å². The number of fused-ring (bicyclic) bond motifs is 1. The SMILES string of the molecule is Cc1cnc(-c2ccc3ccccc3c2)cc1C1CCC(C)(C)CC1. The molecule has 25 heavy (non-hydrogen) atoms. The van der Waals surface area contributed by atoms with Crippen molar-refractivity contribution in [1.29, 1.82) is 0 Å². The summed E-state index contributed by atoms with van der Waals surface area (Å²) < 4.78 is 0. The summed E-state index contributed by atoms with van der Waals surface area (Å²) in [6.07, 6.45) is 7.32. The van der Waals surface area contributed by atoms with Crippen molar-refractivity contribution in [2.24, 2.45) is 5.41 Å². The highest BCUT2D eigenvalue weighted by atomic mass is 14.7. The molecule has 1 aliphatic carbocycles. The predicted octanol–water partition coefficient (Wildman–Crippen LogP) is 6.89. The fourth-order valence-corrected chi connectivity index (χ4v) is 4.20. The van der Waals surface area contributed by atoms with E-state index in [1.807, 2.05) is 0 Å². The Morgan fingerprint density at radius 3 is 2.40 bits per heavy atom. The van der Waals surface area contributed by atoms with Crippen molar-refractivity contribution in [3.63, 3.8) is 0 Å². The molecular weight excluding hydrogens is 302 g/mol. The van der Waals surface area contributed by atoms with Crippen LogP contribution in [0.2, 0.25) is 0 Å². The van der Waals surface area contributed by atoms with Gasteiger partial charge in [0.05, 0.1) is 5.69 Å². The van der Waals surface area contributed by atoms with Crippen LogP contribution in [0, 0.1) is 12.3 Å². The van der Waals surface area contributed by atoms with E-state index in [2.05, 4.69) is 75.5 Å². The highest BCUT2D eigenvalue weighted by molar-refractivity contribution is 5.86. The smallest absolute Gasteiger partial charge is 0.0705 e. The van der Waals surface area contributed by atoms with Crippen LogP contribution in [0.15, 0.2) is 54.7 Å².